The Labute approximate surface area is 267 Å². The quantitative estimate of drug-likeness (QED) is 0.191. The van der Waals surface area contributed by atoms with E-state index in [4.69, 9.17) is 9.47 Å². The Hall–Kier alpha value is -2.12. The molecule has 6 nitrogen and oxygen atoms in total. The lowest BCUT2D eigenvalue weighted by molar-refractivity contribution is 0.0449. The molecule has 0 radical (unpaired) electrons. The molecule has 2 aliphatic rings. The van der Waals surface area contributed by atoms with Crippen molar-refractivity contribution >= 4 is 0 Å². The zero-order valence-corrected chi connectivity index (χ0v) is 27.7. The molecule has 6 heteroatoms. The van der Waals surface area contributed by atoms with Gasteiger partial charge in [0, 0.05) is 24.9 Å². The Balaban J connectivity index is 1.51. The van der Waals surface area contributed by atoms with Crippen LogP contribution in [0.25, 0.3) is 0 Å². The highest BCUT2D eigenvalue weighted by Gasteiger charge is 2.29. The van der Waals surface area contributed by atoms with Crippen molar-refractivity contribution in [2.45, 2.75) is 103 Å². The Kier molecular flexibility index (Phi) is 15.3. The fourth-order valence-electron chi connectivity index (χ4n) is 6.93. The Morgan fingerprint density at radius 3 is 1.20 bits per heavy atom. The van der Waals surface area contributed by atoms with Gasteiger partial charge in [0.2, 0.25) is 0 Å². The van der Waals surface area contributed by atoms with Crippen LogP contribution >= 0.6 is 0 Å². The molecule has 0 amide bonds. The second kappa shape index (κ2) is 19.4. The summed E-state index contributed by atoms with van der Waals surface area (Å²) in [4.78, 5) is 5.16. The van der Waals surface area contributed by atoms with Crippen molar-refractivity contribution < 1.29 is 19.7 Å². The number of likely N-dealkylation sites (tertiary alicyclic amines) is 2. The average Bonchev–Trinajstić information content (AvgIpc) is 3.49. The maximum atomic E-state index is 11.8. The molecular formula is C38H60N2O4. The van der Waals surface area contributed by atoms with Crippen LogP contribution in [0.2, 0.25) is 0 Å². The van der Waals surface area contributed by atoms with Gasteiger partial charge in [-0.2, -0.15) is 0 Å². The molecular weight excluding hydrogens is 548 g/mol. The van der Waals surface area contributed by atoms with E-state index >= 15 is 0 Å². The number of ether oxygens (including phenoxy) is 2. The summed E-state index contributed by atoms with van der Waals surface area (Å²) in [5, 5.41) is 23.6. The van der Waals surface area contributed by atoms with Crippen LogP contribution < -0.4 is 9.47 Å². The number of aliphatic hydroxyl groups is 2. The van der Waals surface area contributed by atoms with E-state index < -0.39 is 12.2 Å². The van der Waals surface area contributed by atoms with Crippen LogP contribution in [0.3, 0.4) is 0 Å². The van der Waals surface area contributed by atoms with Crippen LogP contribution in [-0.4, -0.2) is 72.5 Å². The van der Waals surface area contributed by atoms with Crippen molar-refractivity contribution in [3.63, 3.8) is 0 Å². The molecule has 4 atom stereocenters. The van der Waals surface area contributed by atoms with Gasteiger partial charge in [-0.15, -0.1) is 0 Å². The lowest BCUT2D eigenvalue weighted by Gasteiger charge is -2.34. The molecule has 0 aliphatic carbocycles. The van der Waals surface area contributed by atoms with Gasteiger partial charge in [-0.25, -0.2) is 0 Å². The summed E-state index contributed by atoms with van der Waals surface area (Å²) in [6, 6.07) is 16.1. The Bertz CT molecular complexity index is 931. The zero-order valence-electron chi connectivity index (χ0n) is 27.7. The topological polar surface area (TPSA) is 65.4 Å². The second-order valence-corrected chi connectivity index (χ2v) is 13.3. The molecule has 2 saturated heterocycles. The van der Waals surface area contributed by atoms with E-state index in [-0.39, 0.29) is 11.8 Å². The van der Waals surface area contributed by atoms with Crippen LogP contribution in [0.4, 0.5) is 0 Å². The third kappa shape index (κ3) is 11.3. The number of nitrogens with zero attached hydrogens (tertiary/aromatic N) is 2. The molecule has 4 rings (SSSR count). The zero-order chi connectivity index (χ0) is 31.0. The van der Waals surface area contributed by atoms with Gasteiger partial charge < -0.3 is 29.5 Å². The predicted octanol–water partition coefficient (Wildman–Crippen LogP) is 7.80. The number of aliphatic hydroxyl groups excluding tert-OH is 2. The minimum atomic E-state index is -0.551. The SMILES string of the molecule is CCCOc1ccc([C@@H](O)[C@@H](CC[C@H](CN2CCCCCC2)[C@@H](O)c2ccc(OCCC)cc2)CN2CCCCCC2)cc1. The normalized spacial score (nSPS) is 19.8. The third-order valence-corrected chi connectivity index (χ3v) is 9.57. The molecule has 2 aromatic carbocycles. The number of hydrogen-bond donors (Lipinski definition) is 2. The summed E-state index contributed by atoms with van der Waals surface area (Å²) < 4.78 is 11.6. The second-order valence-electron chi connectivity index (χ2n) is 13.3. The summed E-state index contributed by atoms with van der Waals surface area (Å²) in [5.41, 5.74) is 1.92. The van der Waals surface area contributed by atoms with E-state index in [1.165, 1.54) is 51.4 Å². The van der Waals surface area contributed by atoms with Crippen molar-refractivity contribution in [1.82, 2.24) is 9.80 Å². The van der Waals surface area contributed by atoms with E-state index in [0.29, 0.717) is 13.2 Å². The van der Waals surface area contributed by atoms with Crippen LogP contribution in [0.1, 0.15) is 114 Å². The number of benzene rings is 2. The summed E-state index contributed by atoms with van der Waals surface area (Å²) in [7, 11) is 0. The third-order valence-electron chi connectivity index (χ3n) is 9.57. The molecule has 0 unspecified atom stereocenters. The Morgan fingerprint density at radius 1 is 0.545 bits per heavy atom. The lowest BCUT2D eigenvalue weighted by Crippen LogP contribution is -2.36. The van der Waals surface area contributed by atoms with Crippen LogP contribution in [0.15, 0.2) is 48.5 Å². The van der Waals surface area contributed by atoms with Gasteiger partial charge in [0.15, 0.2) is 0 Å². The minimum Gasteiger partial charge on any atom is -0.494 e. The van der Waals surface area contributed by atoms with E-state index in [0.717, 1.165) is 87.6 Å². The van der Waals surface area contributed by atoms with Crippen LogP contribution in [-0.2, 0) is 0 Å². The fourth-order valence-corrected chi connectivity index (χ4v) is 6.93. The molecule has 2 N–H and O–H groups in total. The van der Waals surface area contributed by atoms with Crippen LogP contribution in [0.5, 0.6) is 11.5 Å². The first-order chi connectivity index (χ1) is 21.6. The molecule has 0 bridgehead atoms. The van der Waals surface area contributed by atoms with Gasteiger partial charge in [0.05, 0.1) is 25.4 Å². The summed E-state index contributed by atoms with van der Waals surface area (Å²) in [6.07, 6.45) is 12.7. The highest BCUT2D eigenvalue weighted by Crippen LogP contribution is 2.34. The summed E-state index contributed by atoms with van der Waals surface area (Å²) >= 11 is 0. The number of hydrogen-bond acceptors (Lipinski definition) is 6. The highest BCUT2D eigenvalue weighted by molar-refractivity contribution is 5.30. The van der Waals surface area contributed by atoms with Crippen LogP contribution in [0, 0.1) is 11.8 Å². The van der Waals surface area contributed by atoms with Gasteiger partial charge in [-0.1, -0.05) is 63.8 Å². The van der Waals surface area contributed by atoms with Gasteiger partial charge in [0.1, 0.15) is 11.5 Å². The van der Waals surface area contributed by atoms with Gasteiger partial charge in [-0.3, -0.25) is 0 Å². The summed E-state index contributed by atoms with van der Waals surface area (Å²) in [6.45, 7) is 11.9. The van der Waals surface area contributed by atoms with Gasteiger partial charge in [-0.05, 0) is 113 Å². The standard InChI is InChI=1S/C38H60N2O4/c1-3-27-43-35-19-15-31(16-20-35)37(41)33(29-39-23-9-5-6-10-24-39)13-14-34(30-40-25-11-7-8-12-26-40)38(42)32-17-21-36(22-18-32)44-28-4-2/h15-22,33-34,37-38,41-42H,3-14,23-30H2,1-2H3/t33-,34+,37+,38-. The molecule has 2 heterocycles. The van der Waals surface area contributed by atoms with E-state index in [1.807, 2.05) is 48.5 Å². The molecule has 0 aromatic heterocycles. The molecule has 2 aromatic rings. The smallest absolute Gasteiger partial charge is 0.119 e. The number of rotatable bonds is 17. The monoisotopic (exact) mass is 608 g/mol. The molecule has 0 saturated carbocycles. The van der Waals surface area contributed by atoms with Crippen molar-refractivity contribution in [3.05, 3.63) is 59.7 Å². The highest BCUT2D eigenvalue weighted by atomic mass is 16.5. The van der Waals surface area contributed by atoms with E-state index in [9.17, 15) is 10.2 Å². The lowest BCUT2D eigenvalue weighted by atomic mass is 9.84. The predicted molar refractivity (Wildman–Crippen MR) is 180 cm³/mol. The minimum absolute atomic E-state index is 0.0964. The van der Waals surface area contributed by atoms with Crippen molar-refractivity contribution in [3.8, 4) is 11.5 Å². The first-order valence-corrected chi connectivity index (χ1v) is 17.8. The maximum absolute atomic E-state index is 11.8. The molecule has 246 valence electrons. The Morgan fingerprint density at radius 2 is 0.886 bits per heavy atom. The van der Waals surface area contributed by atoms with Crippen molar-refractivity contribution in [2.75, 3.05) is 52.5 Å². The van der Waals surface area contributed by atoms with Crippen molar-refractivity contribution in [1.29, 1.82) is 0 Å². The first-order valence-electron chi connectivity index (χ1n) is 17.8. The van der Waals surface area contributed by atoms with Gasteiger partial charge in [0.25, 0.3) is 0 Å². The fraction of sp³-hybridized carbons (Fsp3) is 0.684. The van der Waals surface area contributed by atoms with Gasteiger partial charge >= 0.3 is 0 Å². The molecule has 44 heavy (non-hydrogen) atoms. The van der Waals surface area contributed by atoms with E-state index in [2.05, 4.69) is 23.6 Å². The maximum Gasteiger partial charge on any atom is 0.119 e. The molecule has 0 spiro atoms. The molecule has 2 aliphatic heterocycles. The summed E-state index contributed by atoms with van der Waals surface area (Å²) in [5.74, 6) is 1.91. The molecule has 2 fully saturated rings. The first kappa shape index (κ1) is 34.7. The van der Waals surface area contributed by atoms with Crippen molar-refractivity contribution in [2.24, 2.45) is 11.8 Å². The largest absolute Gasteiger partial charge is 0.494 e. The van der Waals surface area contributed by atoms with E-state index in [1.54, 1.807) is 0 Å². The average molecular weight is 609 g/mol.